The predicted octanol–water partition coefficient (Wildman–Crippen LogP) is 1.88. The number of carbonyl (C=O) groups is 1. The number of carbonyl (C=O) groups excluding carboxylic acids is 1. The Balaban J connectivity index is 1.59. The van der Waals surface area contributed by atoms with Gasteiger partial charge in [0, 0.05) is 25.3 Å². The van der Waals surface area contributed by atoms with E-state index >= 15 is 0 Å². The largest absolute Gasteiger partial charge is 0.465 e. The van der Waals surface area contributed by atoms with E-state index in [1.807, 2.05) is 19.9 Å². The Morgan fingerprint density at radius 3 is 2.91 bits per heavy atom. The number of esters is 1. The molecule has 0 amide bonds. The van der Waals surface area contributed by atoms with Crippen LogP contribution in [0.3, 0.4) is 0 Å². The van der Waals surface area contributed by atoms with Crippen LogP contribution in [0, 0.1) is 13.8 Å². The maximum absolute atomic E-state index is 12.9. The summed E-state index contributed by atoms with van der Waals surface area (Å²) in [7, 11) is 0. The summed E-state index contributed by atoms with van der Waals surface area (Å²) < 4.78 is 12.3. The van der Waals surface area contributed by atoms with E-state index < -0.39 is 5.97 Å². The molecule has 0 bridgehead atoms. The number of H-pyrrole nitrogens is 1. The quantitative estimate of drug-likeness (QED) is 0.487. The van der Waals surface area contributed by atoms with E-state index in [9.17, 15) is 9.59 Å². The molecule has 1 aromatic carbocycles. The van der Waals surface area contributed by atoms with Crippen molar-refractivity contribution in [2.24, 2.45) is 0 Å². The molecule has 0 spiro atoms. The van der Waals surface area contributed by atoms with E-state index in [1.54, 1.807) is 6.92 Å². The molecule has 0 aliphatic carbocycles. The maximum atomic E-state index is 12.9. The SMILES string of the molecule is CCOC(=O)Cn1nnnc1CN(Cc1cc2cc(C)cc(C)c2[nH]c1=O)CC1CCCO1. The molecule has 1 aliphatic rings. The molecule has 0 saturated carbocycles. The third-order valence-corrected chi connectivity index (χ3v) is 5.81. The predicted molar refractivity (Wildman–Crippen MR) is 122 cm³/mol. The van der Waals surface area contributed by atoms with Gasteiger partial charge in [0.05, 0.1) is 24.8 Å². The molecule has 1 unspecified atom stereocenters. The first-order valence-electron chi connectivity index (χ1n) is 11.3. The van der Waals surface area contributed by atoms with Crippen LogP contribution in [0.25, 0.3) is 10.9 Å². The minimum Gasteiger partial charge on any atom is -0.465 e. The van der Waals surface area contributed by atoms with Gasteiger partial charge in [0.2, 0.25) is 0 Å². The fourth-order valence-electron chi connectivity index (χ4n) is 4.34. The van der Waals surface area contributed by atoms with Crippen molar-refractivity contribution in [3.05, 3.63) is 51.1 Å². The third-order valence-electron chi connectivity index (χ3n) is 5.81. The number of nitrogens with zero attached hydrogens (tertiary/aromatic N) is 5. The van der Waals surface area contributed by atoms with E-state index in [-0.39, 0.29) is 18.2 Å². The Morgan fingerprint density at radius 2 is 2.15 bits per heavy atom. The van der Waals surface area contributed by atoms with Crippen molar-refractivity contribution in [1.82, 2.24) is 30.1 Å². The molecule has 1 atom stereocenters. The van der Waals surface area contributed by atoms with Crippen molar-refractivity contribution in [2.75, 3.05) is 19.8 Å². The first-order chi connectivity index (χ1) is 15.9. The van der Waals surface area contributed by atoms with Gasteiger partial charge in [0.15, 0.2) is 5.82 Å². The fourth-order valence-corrected chi connectivity index (χ4v) is 4.34. The summed E-state index contributed by atoms with van der Waals surface area (Å²) >= 11 is 0. The fraction of sp³-hybridized carbons (Fsp3) is 0.522. The number of aryl methyl sites for hydroxylation is 2. The highest BCUT2D eigenvalue weighted by atomic mass is 16.5. The average Bonchev–Trinajstić information content (AvgIpc) is 3.42. The van der Waals surface area contributed by atoms with E-state index in [0.717, 1.165) is 41.5 Å². The number of hydrogen-bond donors (Lipinski definition) is 1. The van der Waals surface area contributed by atoms with Crippen molar-refractivity contribution in [1.29, 1.82) is 0 Å². The molecule has 1 fully saturated rings. The van der Waals surface area contributed by atoms with Crippen LogP contribution < -0.4 is 5.56 Å². The molecule has 0 radical (unpaired) electrons. The number of benzene rings is 1. The number of aromatic amines is 1. The number of rotatable bonds is 9. The van der Waals surface area contributed by atoms with Crippen molar-refractivity contribution >= 4 is 16.9 Å². The highest BCUT2D eigenvalue weighted by molar-refractivity contribution is 5.82. The first-order valence-corrected chi connectivity index (χ1v) is 11.3. The molecule has 3 heterocycles. The second kappa shape index (κ2) is 10.2. The number of tetrazole rings is 1. The standard InChI is InChI=1S/C23H30N6O4/c1-4-32-21(30)14-29-20(25-26-27-29)13-28(12-19-6-5-7-33-19)11-18-10-17-9-15(2)8-16(3)22(17)24-23(18)31/h8-10,19H,4-7,11-14H2,1-3H3,(H,24,31). The van der Waals surface area contributed by atoms with Gasteiger partial charge < -0.3 is 14.5 Å². The number of pyridine rings is 1. The lowest BCUT2D eigenvalue weighted by Crippen LogP contribution is -2.34. The van der Waals surface area contributed by atoms with Crippen molar-refractivity contribution in [3.63, 3.8) is 0 Å². The Morgan fingerprint density at radius 1 is 1.30 bits per heavy atom. The van der Waals surface area contributed by atoms with E-state index in [0.29, 0.717) is 37.6 Å². The zero-order valence-corrected chi connectivity index (χ0v) is 19.3. The number of nitrogens with one attached hydrogen (secondary N) is 1. The van der Waals surface area contributed by atoms with E-state index in [1.165, 1.54) is 4.68 Å². The summed E-state index contributed by atoms with van der Waals surface area (Å²) in [5.41, 5.74) is 3.60. The average molecular weight is 455 g/mol. The zero-order valence-electron chi connectivity index (χ0n) is 19.3. The van der Waals surface area contributed by atoms with Gasteiger partial charge in [-0.05, 0) is 67.1 Å². The molecule has 33 heavy (non-hydrogen) atoms. The van der Waals surface area contributed by atoms with Crippen LogP contribution in [0.5, 0.6) is 0 Å². The Labute approximate surface area is 191 Å². The van der Waals surface area contributed by atoms with Crippen molar-refractivity contribution in [2.45, 2.75) is 59.4 Å². The number of fused-ring (bicyclic) bond motifs is 1. The van der Waals surface area contributed by atoms with Gasteiger partial charge in [-0.15, -0.1) is 5.10 Å². The van der Waals surface area contributed by atoms with Gasteiger partial charge in [-0.25, -0.2) is 4.68 Å². The van der Waals surface area contributed by atoms with Crippen LogP contribution in [0.15, 0.2) is 23.0 Å². The van der Waals surface area contributed by atoms with Gasteiger partial charge in [0.25, 0.3) is 5.56 Å². The summed E-state index contributed by atoms with van der Waals surface area (Å²) in [6.07, 6.45) is 2.08. The molecular formula is C23H30N6O4. The van der Waals surface area contributed by atoms with Crippen molar-refractivity contribution in [3.8, 4) is 0 Å². The lowest BCUT2D eigenvalue weighted by atomic mass is 10.0. The monoisotopic (exact) mass is 454 g/mol. The number of hydrogen-bond acceptors (Lipinski definition) is 8. The minimum atomic E-state index is -0.395. The summed E-state index contributed by atoms with van der Waals surface area (Å²) in [5.74, 6) is 0.137. The van der Waals surface area contributed by atoms with Gasteiger partial charge in [-0.1, -0.05) is 11.6 Å². The molecule has 1 aliphatic heterocycles. The van der Waals surface area contributed by atoms with Crippen LogP contribution >= 0.6 is 0 Å². The molecule has 2 aromatic heterocycles. The highest BCUT2D eigenvalue weighted by Gasteiger charge is 2.23. The second-order valence-electron chi connectivity index (χ2n) is 8.53. The van der Waals surface area contributed by atoms with Gasteiger partial charge >= 0.3 is 5.97 Å². The summed E-state index contributed by atoms with van der Waals surface area (Å²) in [5, 5.41) is 12.8. The summed E-state index contributed by atoms with van der Waals surface area (Å²) in [6, 6.07) is 6.09. The molecule has 10 nitrogen and oxygen atoms in total. The maximum Gasteiger partial charge on any atom is 0.327 e. The summed E-state index contributed by atoms with van der Waals surface area (Å²) in [6.45, 7) is 8.20. The van der Waals surface area contributed by atoms with E-state index in [2.05, 4.69) is 37.5 Å². The zero-order chi connectivity index (χ0) is 23.4. The van der Waals surface area contributed by atoms with E-state index in [4.69, 9.17) is 9.47 Å². The molecule has 4 rings (SSSR count). The van der Waals surface area contributed by atoms with Crippen LogP contribution in [-0.4, -0.2) is 61.9 Å². The van der Waals surface area contributed by atoms with Crippen LogP contribution in [0.4, 0.5) is 0 Å². The molecule has 10 heteroatoms. The topological polar surface area (TPSA) is 115 Å². The number of ether oxygens (including phenoxy) is 2. The highest BCUT2D eigenvalue weighted by Crippen LogP contribution is 2.20. The molecule has 1 saturated heterocycles. The molecule has 176 valence electrons. The van der Waals surface area contributed by atoms with Crippen LogP contribution in [-0.2, 0) is 33.9 Å². The van der Waals surface area contributed by atoms with Gasteiger partial charge in [-0.2, -0.15) is 0 Å². The molecule has 3 aromatic rings. The first kappa shape index (κ1) is 23.1. The lowest BCUT2D eigenvalue weighted by molar-refractivity contribution is -0.144. The van der Waals surface area contributed by atoms with Crippen LogP contribution in [0.1, 0.15) is 42.3 Å². The Bertz CT molecular complexity index is 1180. The minimum absolute atomic E-state index is 0.0565. The van der Waals surface area contributed by atoms with Gasteiger partial charge in [0.1, 0.15) is 6.54 Å². The Hall–Kier alpha value is -3.11. The summed E-state index contributed by atoms with van der Waals surface area (Å²) in [4.78, 5) is 30.0. The molecular weight excluding hydrogens is 424 g/mol. The van der Waals surface area contributed by atoms with Crippen LogP contribution in [0.2, 0.25) is 0 Å². The third kappa shape index (κ3) is 5.63. The van der Waals surface area contributed by atoms with Gasteiger partial charge in [-0.3, -0.25) is 14.5 Å². The Kier molecular flexibility index (Phi) is 7.14. The normalized spacial score (nSPS) is 16.1. The second-order valence-corrected chi connectivity index (χ2v) is 8.53. The lowest BCUT2D eigenvalue weighted by Gasteiger charge is -2.24. The number of aromatic nitrogens is 5. The van der Waals surface area contributed by atoms with Crippen molar-refractivity contribution < 1.29 is 14.3 Å². The molecule has 1 N–H and O–H groups in total. The smallest absolute Gasteiger partial charge is 0.327 e.